The molecule has 0 aromatic carbocycles. The first kappa shape index (κ1) is 12.3. The van der Waals surface area contributed by atoms with Gasteiger partial charge in [0.05, 0.1) is 8.95 Å². The summed E-state index contributed by atoms with van der Waals surface area (Å²) in [6.07, 6.45) is -3.40. The van der Waals surface area contributed by atoms with Crippen molar-refractivity contribution in [3.8, 4) is 5.75 Å². The van der Waals surface area contributed by atoms with Gasteiger partial charge in [-0.05, 0) is 47.8 Å². The van der Waals surface area contributed by atoms with Crippen molar-refractivity contribution in [3.63, 3.8) is 0 Å². The van der Waals surface area contributed by atoms with E-state index in [0.717, 1.165) is 0 Å². The Morgan fingerprint density at radius 1 is 1.21 bits per heavy atom. The van der Waals surface area contributed by atoms with Gasteiger partial charge in [-0.15, -0.1) is 13.2 Å². The zero-order chi connectivity index (χ0) is 10.9. The van der Waals surface area contributed by atoms with E-state index in [1.165, 1.54) is 6.20 Å². The van der Waals surface area contributed by atoms with Crippen LogP contribution in [0.2, 0.25) is 0 Å². The van der Waals surface area contributed by atoms with Crippen LogP contribution in [0.5, 0.6) is 5.75 Å². The fraction of sp³-hybridized carbons (Fsp3) is 0.167. The van der Waals surface area contributed by atoms with E-state index in [4.69, 9.17) is 0 Å². The van der Waals surface area contributed by atoms with Crippen LogP contribution in [0.25, 0.3) is 0 Å². The van der Waals surface area contributed by atoms with Gasteiger partial charge in [-0.3, -0.25) is 0 Å². The second-order valence-corrected chi connectivity index (χ2v) is 4.49. The number of hydrogen-bond acceptors (Lipinski definition) is 2. The Kier molecular flexibility index (Phi) is 3.81. The topological polar surface area (TPSA) is 22.1 Å². The number of nitrogens with zero attached hydrogens (tertiary/aromatic N) is 1. The van der Waals surface area contributed by atoms with E-state index in [1.807, 2.05) is 0 Å². The van der Waals surface area contributed by atoms with Gasteiger partial charge in [-0.1, -0.05) is 0 Å². The average molecular weight is 400 g/mol. The highest BCUT2D eigenvalue weighted by atomic mass is 79.9. The number of aromatic nitrogens is 1. The van der Waals surface area contributed by atoms with Crippen molar-refractivity contribution in [1.82, 2.24) is 4.98 Å². The maximum atomic E-state index is 11.9. The first-order chi connectivity index (χ1) is 6.31. The lowest BCUT2D eigenvalue weighted by Crippen LogP contribution is -2.18. The monoisotopic (exact) mass is 397 g/mol. The number of ether oxygens (including phenoxy) is 1. The summed E-state index contributed by atoms with van der Waals surface area (Å²) in [5.74, 6) is -0.410. The standard InChI is InChI=1S/C6HBr3F3NO/c7-2-1-13-5(9)4(3(2)8)14-6(10,11)12/h1H. The van der Waals surface area contributed by atoms with Gasteiger partial charge in [0.25, 0.3) is 0 Å². The molecule has 0 radical (unpaired) electrons. The molecule has 8 heteroatoms. The van der Waals surface area contributed by atoms with E-state index >= 15 is 0 Å². The molecule has 0 N–H and O–H groups in total. The summed E-state index contributed by atoms with van der Waals surface area (Å²) in [4.78, 5) is 3.64. The summed E-state index contributed by atoms with van der Waals surface area (Å²) >= 11 is 8.80. The molecule has 0 fully saturated rings. The molecular weight excluding hydrogens is 399 g/mol. The Hall–Kier alpha value is 0.180. The molecule has 0 aliphatic heterocycles. The zero-order valence-electron chi connectivity index (χ0n) is 6.20. The number of alkyl halides is 3. The predicted octanol–water partition coefficient (Wildman–Crippen LogP) is 4.27. The summed E-state index contributed by atoms with van der Waals surface area (Å²) < 4.78 is 40.0. The molecule has 0 unspecified atom stereocenters. The largest absolute Gasteiger partial charge is 0.573 e. The first-order valence-electron chi connectivity index (χ1n) is 3.06. The van der Waals surface area contributed by atoms with Crippen molar-refractivity contribution in [2.75, 3.05) is 0 Å². The molecule has 1 rings (SSSR count). The second-order valence-electron chi connectivity index (χ2n) is 2.09. The quantitative estimate of drug-likeness (QED) is 0.658. The molecule has 1 heterocycles. The van der Waals surface area contributed by atoms with Gasteiger partial charge in [0.2, 0.25) is 0 Å². The minimum Gasteiger partial charge on any atom is -0.402 e. The number of rotatable bonds is 1. The van der Waals surface area contributed by atoms with Gasteiger partial charge in [0.1, 0.15) is 4.60 Å². The highest BCUT2D eigenvalue weighted by molar-refractivity contribution is 9.13. The normalized spacial score (nSPS) is 11.6. The zero-order valence-corrected chi connectivity index (χ0v) is 11.0. The summed E-state index contributed by atoms with van der Waals surface area (Å²) in [5, 5.41) is 0. The number of hydrogen-bond donors (Lipinski definition) is 0. The van der Waals surface area contributed by atoms with Crippen LogP contribution in [0.3, 0.4) is 0 Å². The van der Waals surface area contributed by atoms with Crippen molar-refractivity contribution >= 4 is 47.8 Å². The van der Waals surface area contributed by atoms with Crippen LogP contribution in [-0.4, -0.2) is 11.3 Å². The molecule has 0 saturated heterocycles. The maximum Gasteiger partial charge on any atom is 0.573 e. The van der Waals surface area contributed by atoms with Crippen LogP contribution in [0, 0.1) is 0 Å². The third-order valence-electron chi connectivity index (χ3n) is 1.11. The smallest absolute Gasteiger partial charge is 0.402 e. The third-order valence-corrected chi connectivity index (χ3v) is 3.59. The summed E-state index contributed by atoms with van der Waals surface area (Å²) in [6.45, 7) is 0. The van der Waals surface area contributed by atoms with Gasteiger partial charge < -0.3 is 4.74 Å². The van der Waals surface area contributed by atoms with Gasteiger partial charge in [0, 0.05) is 6.20 Å². The molecule has 0 bridgehead atoms. The molecule has 0 aliphatic carbocycles. The molecule has 1 aromatic heterocycles. The summed E-state index contributed by atoms with van der Waals surface area (Å²) in [7, 11) is 0. The Morgan fingerprint density at radius 2 is 1.79 bits per heavy atom. The van der Waals surface area contributed by atoms with E-state index in [9.17, 15) is 13.2 Å². The fourth-order valence-corrected chi connectivity index (χ4v) is 1.93. The lowest BCUT2D eigenvalue weighted by molar-refractivity contribution is -0.275. The Labute approximate surface area is 102 Å². The average Bonchev–Trinajstić information content (AvgIpc) is 2.04. The summed E-state index contributed by atoms with van der Waals surface area (Å²) in [6, 6.07) is 0. The van der Waals surface area contributed by atoms with Crippen LogP contribution in [0.15, 0.2) is 19.7 Å². The number of halogens is 6. The molecule has 2 nitrogen and oxygen atoms in total. The van der Waals surface area contributed by atoms with Gasteiger partial charge in [-0.25, -0.2) is 4.98 Å². The molecule has 78 valence electrons. The van der Waals surface area contributed by atoms with E-state index in [0.29, 0.717) is 4.47 Å². The third kappa shape index (κ3) is 3.09. The summed E-state index contributed by atoms with van der Waals surface area (Å²) in [5.41, 5.74) is 0. The van der Waals surface area contributed by atoms with Crippen LogP contribution in [0.4, 0.5) is 13.2 Å². The Bertz CT molecular complexity index is 355. The molecular formula is C6HBr3F3NO. The lowest BCUT2D eigenvalue weighted by Gasteiger charge is -2.12. The molecule has 0 aliphatic rings. The lowest BCUT2D eigenvalue weighted by atomic mass is 10.5. The molecule has 0 spiro atoms. The van der Waals surface area contributed by atoms with Crippen LogP contribution < -0.4 is 4.74 Å². The minimum atomic E-state index is -4.74. The van der Waals surface area contributed by atoms with Crippen LogP contribution in [0.1, 0.15) is 0 Å². The SMILES string of the molecule is FC(F)(F)Oc1c(Br)ncc(Br)c1Br. The molecule has 0 atom stereocenters. The van der Waals surface area contributed by atoms with Gasteiger partial charge in [-0.2, -0.15) is 0 Å². The highest BCUT2D eigenvalue weighted by Gasteiger charge is 2.33. The second kappa shape index (κ2) is 4.36. The minimum absolute atomic E-state index is 0.0232. The van der Waals surface area contributed by atoms with Crippen LogP contribution in [-0.2, 0) is 0 Å². The van der Waals surface area contributed by atoms with E-state index in [2.05, 4.69) is 57.5 Å². The van der Waals surface area contributed by atoms with Gasteiger partial charge >= 0.3 is 6.36 Å². The van der Waals surface area contributed by atoms with E-state index in [1.54, 1.807) is 0 Å². The predicted molar refractivity (Wildman–Crippen MR) is 54.0 cm³/mol. The number of pyridine rings is 1. The first-order valence-corrected chi connectivity index (χ1v) is 5.44. The van der Waals surface area contributed by atoms with Crippen LogP contribution >= 0.6 is 47.8 Å². The van der Waals surface area contributed by atoms with Crippen molar-refractivity contribution in [3.05, 3.63) is 19.7 Å². The van der Waals surface area contributed by atoms with Gasteiger partial charge in [0.15, 0.2) is 5.75 Å². The Balaban J connectivity index is 3.13. The molecule has 0 amide bonds. The fourth-order valence-electron chi connectivity index (χ4n) is 0.630. The van der Waals surface area contributed by atoms with Crippen molar-refractivity contribution in [2.45, 2.75) is 6.36 Å². The molecule has 1 aromatic rings. The highest BCUT2D eigenvalue weighted by Crippen LogP contribution is 2.39. The maximum absolute atomic E-state index is 11.9. The van der Waals surface area contributed by atoms with E-state index in [-0.39, 0.29) is 9.08 Å². The molecule has 0 saturated carbocycles. The van der Waals surface area contributed by atoms with E-state index < -0.39 is 12.1 Å². The van der Waals surface area contributed by atoms with Crippen molar-refractivity contribution < 1.29 is 17.9 Å². The van der Waals surface area contributed by atoms with Crippen molar-refractivity contribution in [2.24, 2.45) is 0 Å². The Morgan fingerprint density at radius 3 is 2.29 bits per heavy atom. The van der Waals surface area contributed by atoms with Crippen molar-refractivity contribution in [1.29, 1.82) is 0 Å². The molecule has 14 heavy (non-hydrogen) atoms.